The van der Waals surface area contributed by atoms with Gasteiger partial charge < -0.3 is 31.9 Å². The van der Waals surface area contributed by atoms with E-state index < -0.39 is 29.4 Å². The molecule has 5 rings (SSSR count). The standard InChI is InChI=1S/C30H46O4.C3H7NO2S.C2H5NO2/c1-25(2)21-8-11-30(7)23(28(21,5)10-9-22(25)32)20(31)16-18-19-17-27(4,24(33)34)13-12-26(19,3)14-15-29(18,30)6;4-2(1-7)3(5)6;3-1-2(4)5/h16,19,21-23,32H,8-15,17H2,1-7H3,(H,33,34);2,7H,1,4H2,(H,5,6);1,3H2,(H,4,5)/t19-,21?,22+,23-,26-,27-,28+,29-,30-;2-;/m10./s1. The first-order chi connectivity index (χ1) is 21.0. The number of aliphatic hydroxyl groups is 1. The Balaban J connectivity index is 0.000000410. The molecule has 0 spiro atoms. The number of aliphatic carboxylic acids is 3. The molecule has 0 heterocycles. The third-order valence-corrected chi connectivity index (χ3v) is 14.2. The summed E-state index contributed by atoms with van der Waals surface area (Å²) in [7, 11) is 0. The normalized spacial score (nSPS) is 42.8. The molecule has 0 saturated heterocycles. The maximum Gasteiger partial charge on any atom is 0.321 e. The summed E-state index contributed by atoms with van der Waals surface area (Å²) in [6.07, 6.45) is 9.95. The Bertz CT molecular complexity index is 1250. The average molecular weight is 667 g/mol. The minimum atomic E-state index is -1.00. The van der Waals surface area contributed by atoms with Gasteiger partial charge in [-0.2, -0.15) is 12.6 Å². The molecule has 0 aromatic carbocycles. The van der Waals surface area contributed by atoms with Gasteiger partial charge in [0.25, 0.3) is 0 Å². The van der Waals surface area contributed by atoms with Crippen molar-refractivity contribution in [3.05, 3.63) is 11.6 Å². The van der Waals surface area contributed by atoms with Crippen molar-refractivity contribution >= 4 is 36.3 Å². The fourth-order valence-corrected chi connectivity index (χ4v) is 10.6. The highest BCUT2D eigenvalue weighted by Gasteiger charge is 2.70. The molecule has 0 aliphatic heterocycles. The molecule has 8 N–H and O–H groups in total. The fraction of sp³-hybridized carbons (Fsp3) is 0.829. The van der Waals surface area contributed by atoms with Crippen molar-refractivity contribution in [3.63, 3.8) is 0 Å². The van der Waals surface area contributed by atoms with Gasteiger partial charge in [-0.3, -0.25) is 19.2 Å². The predicted octanol–water partition coefficient (Wildman–Crippen LogP) is 4.77. The Morgan fingerprint density at radius 1 is 0.935 bits per heavy atom. The summed E-state index contributed by atoms with van der Waals surface area (Å²) in [4.78, 5) is 45.4. The first-order valence-corrected chi connectivity index (χ1v) is 17.3. The van der Waals surface area contributed by atoms with Crippen molar-refractivity contribution in [1.29, 1.82) is 0 Å². The lowest BCUT2D eigenvalue weighted by molar-refractivity contribution is -0.202. The molecule has 5 aliphatic rings. The van der Waals surface area contributed by atoms with Crippen molar-refractivity contribution in [1.82, 2.24) is 0 Å². The lowest BCUT2D eigenvalue weighted by atomic mass is 9.33. The highest BCUT2D eigenvalue weighted by Crippen LogP contribution is 2.75. The maximum absolute atomic E-state index is 14.2. The minimum Gasteiger partial charge on any atom is -0.481 e. The van der Waals surface area contributed by atoms with E-state index in [1.54, 1.807) is 0 Å². The number of carboxylic acid groups (broad SMARTS) is 3. The van der Waals surface area contributed by atoms with Crippen LogP contribution in [0, 0.1) is 50.2 Å². The van der Waals surface area contributed by atoms with Crippen LogP contribution in [0.3, 0.4) is 0 Å². The Kier molecular flexibility index (Phi) is 11.0. The van der Waals surface area contributed by atoms with Crippen LogP contribution < -0.4 is 11.5 Å². The maximum atomic E-state index is 14.2. The number of ketones is 1. The summed E-state index contributed by atoms with van der Waals surface area (Å²) in [6, 6.07) is -0.816. The van der Waals surface area contributed by atoms with Crippen LogP contribution in [0.25, 0.3) is 0 Å². The Hall–Kier alpha value is -1.95. The SMILES string of the molecule is CC1(C)C2CC[C@]3(C)[C@H](C(=O)C=C4[C@H]5C[C@](C)(C(=O)O)CC[C@]5(C)CC[C@]43C)[C@@]2(C)CC[C@@H]1O.NCC(=O)O.N[C@@H](CS)C(=O)O. The molecule has 0 bridgehead atoms. The number of carbonyl (C=O) groups excluding carboxylic acids is 1. The van der Waals surface area contributed by atoms with Crippen LogP contribution in [-0.4, -0.2) is 68.6 Å². The predicted molar refractivity (Wildman–Crippen MR) is 179 cm³/mol. The summed E-state index contributed by atoms with van der Waals surface area (Å²) < 4.78 is 0. The van der Waals surface area contributed by atoms with E-state index in [0.717, 1.165) is 51.4 Å². The van der Waals surface area contributed by atoms with Crippen LogP contribution in [0.1, 0.15) is 106 Å². The number of hydrogen-bond donors (Lipinski definition) is 7. The lowest BCUT2D eigenvalue weighted by Crippen LogP contribution is -2.66. The molecule has 4 fully saturated rings. The number of hydrogen-bond acceptors (Lipinski definition) is 8. The van der Waals surface area contributed by atoms with Crippen LogP contribution >= 0.6 is 12.6 Å². The second-order valence-electron chi connectivity index (χ2n) is 16.7. The summed E-state index contributed by atoms with van der Waals surface area (Å²) in [5.74, 6) is -1.72. The van der Waals surface area contributed by atoms with Crippen molar-refractivity contribution in [2.45, 2.75) is 118 Å². The molecule has 0 radical (unpaired) electrons. The minimum absolute atomic E-state index is 0.0296. The van der Waals surface area contributed by atoms with E-state index in [2.05, 4.69) is 59.9 Å². The number of carbonyl (C=O) groups is 4. The quantitative estimate of drug-likeness (QED) is 0.205. The molecular weight excluding hydrogens is 608 g/mol. The van der Waals surface area contributed by atoms with E-state index in [1.807, 2.05) is 13.0 Å². The van der Waals surface area contributed by atoms with Crippen molar-refractivity contribution in [2.24, 2.45) is 61.7 Å². The average Bonchev–Trinajstić information content (AvgIpc) is 2.97. The second-order valence-corrected chi connectivity index (χ2v) is 17.0. The topological polar surface area (TPSA) is 201 Å². The van der Waals surface area contributed by atoms with Gasteiger partial charge in [-0.05, 0) is 110 Å². The van der Waals surface area contributed by atoms with Crippen molar-refractivity contribution in [3.8, 4) is 0 Å². The Morgan fingerprint density at radius 3 is 1.98 bits per heavy atom. The van der Waals surface area contributed by atoms with Gasteiger partial charge in [0.1, 0.15) is 6.04 Å². The summed E-state index contributed by atoms with van der Waals surface area (Å²) in [5, 5.41) is 36.5. The van der Waals surface area contributed by atoms with Gasteiger partial charge in [0.2, 0.25) is 0 Å². The molecular formula is C35H58N2O8S. The molecule has 0 aromatic rings. The zero-order valence-corrected chi connectivity index (χ0v) is 29.7. The number of nitrogens with two attached hydrogens (primary N) is 2. The lowest BCUT2D eigenvalue weighted by Gasteiger charge is -2.70. The van der Waals surface area contributed by atoms with Gasteiger partial charge in [-0.1, -0.05) is 47.1 Å². The summed E-state index contributed by atoms with van der Waals surface area (Å²) >= 11 is 3.65. The molecule has 5 aliphatic carbocycles. The largest absolute Gasteiger partial charge is 0.481 e. The van der Waals surface area contributed by atoms with Crippen LogP contribution in [0.15, 0.2) is 11.6 Å². The van der Waals surface area contributed by atoms with Gasteiger partial charge >= 0.3 is 17.9 Å². The molecule has 11 heteroatoms. The van der Waals surface area contributed by atoms with Crippen molar-refractivity contribution in [2.75, 3.05) is 12.3 Å². The van der Waals surface area contributed by atoms with Gasteiger partial charge in [0.05, 0.1) is 18.1 Å². The van der Waals surface area contributed by atoms with Gasteiger partial charge in [-0.15, -0.1) is 0 Å². The molecule has 262 valence electrons. The van der Waals surface area contributed by atoms with E-state index in [-0.39, 0.29) is 63.1 Å². The molecule has 0 amide bonds. The van der Waals surface area contributed by atoms with Gasteiger partial charge in [0, 0.05) is 11.7 Å². The van der Waals surface area contributed by atoms with Gasteiger partial charge in [-0.25, -0.2) is 0 Å². The number of allylic oxidation sites excluding steroid dienone is 2. The zero-order valence-electron chi connectivity index (χ0n) is 28.8. The number of aliphatic hydroxyl groups excluding tert-OH is 1. The molecule has 10 atom stereocenters. The first kappa shape index (κ1) is 38.5. The van der Waals surface area contributed by atoms with Crippen LogP contribution in [0.2, 0.25) is 0 Å². The fourth-order valence-electron chi connectivity index (χ4n) is 10.4. The van der Waals surface area contributed by atoms with E-state index >= 15 is 0 Å². The van der Waals surface area contributed by atoms with E-state index in [4.69, 9.17) is 15.9 Å². The third kappa shape index (κ3) is 6.30. The third-order valence-electron chi connectivity index (χ3n) is 13.8. The number of thiol groups is 1. The highest BCUT2D eigenvalue weighted by atomic mass is 32.1. The smallest absolute Gasteiger partial charge is 0.321 e. The van der Waals surface area contributed by atoms with E-state index in [0.29, 0.717) is 12.3 Å². The van der Waals surface area contributed by atoms with Crippen LogP contribution in [0.4, 0.5) is 0 Å². The highest BCUT2D eigenvalue weighted by molar-refractivity contribution is 7.80. The first-order valence-electron chi connectivity index (χ1n) is 16.7. The molecule has 0 aromatic heterocycles. The molecule has 10 nitrogen and oxygen atoms in total. The van der Waals surface area contributed by atoms with E-state index in [1.165, 1.54) is 5.57 Å². The van der Waals surface area contributed by atoms with E-state index in [9.17, 15) is 29.4 Å². The Morgan fingerprint density at radius 2 is 1.50 bits per heavy atom. The molecule has 1 unspecified atom stereocenters. The van der Waals surface area contributed by atoms with Crippen LogP contribution in [-0.2, 0) is 19.2 Å². The zero-order chi connectivity index (χ0) is 35.3. The second kappa shape index (κ2) is 13.2. The summed E-state index contributed by atoms with van der Waals surface area (Å²) in [5.41, 5.74) is 9.65. The van der Waals surface area contributed by atoms with Crippen molar-refractivity contribution < 1.29 is 39.6 Å². The van der Waals surface area contributed by atoms with Gasteiger partial charge in [0.15, 0.2) is 5.78 Å². The Labute approximate surface area is 279 Å². The van der Waals surface area contributed by atoms with Crippen LogP contribution in [0.5, 0.6) is 0 Å². The molecule has 46 heavy (non-hydrogen) atoms. The molecule has 4 saturated carbocycles. The number of rotatable bonds is 4. The number of carboxylic acids is 3. The monoisotopic (exact) mass is 666 g/mol. The number of fused-ring (bicyclic) bond motifs is 7. The summed E-state index contributed by atoms with van der Waals surface area (Å²) in [6.45, 7) is 15.6.